The Morgan fingerprint density at radius 2 is 1.97 bits per heavy atom. The Morgan fingerprint density at radius 1 is 1.20 bits per heavy atom. The predicted octanol–water partition coefficient (Wildman–Crippen LogP) is 2.74. The number of carbonyl (C=O) groups is 3. The third kappa shape index (κ3) is 4.85. The van der Waals surface area contributed by atoms with Crippen LogP contribution in [0.25, 0.3) is 0 Å². The third-order valence-corrected chi connectivity index (χ3v) is 5.41. The zero-order chi connectivity index (χ0) is 21.9. The zero-order valence-corrected chi connectivity index (χ0v) is 16.6. The van der Waals surface area contributed by atoms with E-state index in [1.807, 2.05) is 5.32 Å². The van der Waals surface area contributed by atoms with Crippen molar-refractivity contribution in [2.45, 2.75) is 31.9 Å². The molecule has 0 aliphatic carbocycles. The van der Waals surface area contributed by atoms with Gasteiger partial charge in [-0.25, -0.2) is 9.59 Å². The molecular formula is C20H24F3N3O4. The average Bonchev–Trinajstić information content (AvgIpc) is 2.75. The summed E-state index contributed by atoms with van der Waals surface area (Å²) in [6.07, 6.45) is -2.23. The van der Waals surface area contributed by atoms with E-state index in [2.05, 4.69) is 0 Å². The number of urea groups is 1. The molecule has 7 nitrogen and oxygen atoms in total. The molecule has 1 atom stereocenters. The molecule has 1 saturated heterocycles. The second-order valence-corrected chi connectivity index (χ2v) is 7.45. The minimum Gasteiger partial charge on any atom is -0.465 e. The minimum atomic E-state index is -4.48. The Morgan fingerprint density at radius 3 is 2.67 bits per heavy atom. The highest BCUT2D eigenvalue weighted by molar-refractivity contribution is 5.98. The summed E-state index contributed by atoms with van der Waals surface area (Å²) in [6.45, 7) is -0.445. The van der Waals surface area contributed by atoms with Crippen LogP contribution in [-0.4, -0.2) is 62.3 Å². The second-order valence-electron chi connectivity index (χ2n) is 7.45. The quantitative estimate of drug-likeness (QED) is 0.753. The molecule has 0 bridgehead atoms. The van der Waals surface area contributed by atoms with Crippen LogP contribution in [-0.2, 0) is 16.0 Å². The van der Waals surface area contributed by atoms with E-state index in [1.54, 1.807) is 23.1 Å². The molecule has 0 unspecified atom stereocenters. The van der Waals surface area contributed by atoms with Crippen LogP contribution in [0.1, 0.15) is 35.2 Å². The van der Waals surface area contributed by atoms with Crippen molar-refractivity contribution in [3.8, 4) is 0 Å². The van der Waals surface area contributed by atoms with Crippen LogP contribution >= 0.6 is 0 Å². The number of halogens is 3. The summed E-state index contributed by atoms with van der Waals surface area (Å²) < 4.78 is 41.9. The van der Waals surface area contributed by atoms with Gasteiger partial charge >= 0.3 is 18.2 Å². The van der Waals surface area contributed by atoms with Gasteiger partial charge in [0.2, 0.25) is 5.91 Å². The highest BCUT2D eigenvalue weighted by atomic mass is 19.4. The lowest BCUT2D eigenvalue weighted by Crippen LogP contribution is -2.52. The fraction of sp³-hybridized carbons (Fsp3) is 0.550. The number of esters is 1. The number of likely N-dealkylation sites (tertiary alicyclic amines) is 1. The number of benzene rings is 1. The van der Waals surface area contributed by atoms with Crippen molar-refractivity contribution in [3.63, 3.8) is 0 Å². The van der Waals surface area contributed by atoms with Gasteiger partial charge in [-0.05, 0) is 43.4 Å². The molecule has 0 saturated carbocycles. The van der Waals surface area contributed by atoms with E-state index in [0.717, 1.165) is 5.56 Å². The molecule has 0 radical (unpaired) electrons. The number of hydrogen-bond donors (Lipinski definition) is 1. The van der Waals surface area contributed by atoms with Crippen LogP contribution in [0.2, 0.25) is 0 Å². The lowest BCUT2D eigenvalue weighted by Gasteiger charge is -2.38. The SMILES string of the molecule is COC(=O)c1cccc2c1CCCN2C(=O)N1CCC[C@H](C(=O)NCC(F)(F)F)C1. The number of nitrogens with one attached hydrogen (secondary N) is 1. The van der Waals surface area contributed by atoms with E-state index >= 15 is 0 Å². The number of rotatable bonds is 3. The number of fused-ring (bicyclic) bond motifs is 1. The number of nitrogens with zero attached hydrogens (tertiary/aromatic N) is 2. The van der Waals surface area contributed by atoms with Gasteiger partial charge in [0.05, 0.1) is 18.6 Å². The molecule has 30 heavy (non-hydrogen) atoms. The number of alkyl halides is 3. The number of ether oxygens (including phenoxy) is 1. The summed E-state index contributed by atoms with van der Waals surface area (Å²) in [4.78, 5) is 40.4. The smallest absolute Gasteiger partial charge is 0.405 e. The Bertz CT molecular complexity index is 828. The average molecular weight is 427 g/mol. The first-order valence-electron chi connectivity index (χ1n) is 9.82. The normalized spacial score (nSPS) is 19.1. The van der Waals surface area contributed by atoms with E-state index in [4.69, 9.17) is 4.74 Å². The lowest BCUT2D eigenvalue weighted by molar-refractivity contribution is -0.141. The van der Waals surface area contributed by atoms with E-state index in [1.165, 1.54) is 12.0 Å². The molecule has 2 aliphatic heterocycles. The van der Waals surface area contributed by atoms with Crippen molar-refractivity contribution in [1.29, 1.82) is 0 Å². The predicted molar refractivity (Wildman–Crippen MR) is 102 cm³/mol. The summed E-state index contributed by atoms with van der Waals surface area (Å²) in [6, 6.07) is 4.78. The van der Waals surface area contributed by atoms with E-state index in [9.17, 15) is 27.6 Å². The maximum Gasteiger partial charge on any atom is 0.405 e. The van der Waals surface area contributed by atoms with Crippen LogP contribution in [0.3, 0.4) is 0 Å². The monoisotopic (exact) mass is 427 g/mol. The fourth-order valence-corrected chi connectivity index (χ4v) is 3.99. The van der Waals surface area contributed by atoms with E-state index in [0.29, 0.717) is 50.0 Å². The summed E-state index contributed by atoms with van der Waals surface area (Å²) in [7, 11) is 1.30. The van der Waals surface area contributed by atoms with Crippen LogP contribution < -0.4 is 10.2 Å². The number of hydrogen-bond acceptors (Lipinski definition) is 4. The number of piperidine rings is 1. The molecule has 3 rings (SSSR count). The molecule has 0 aromatic heterocycles. The first-order chi connectivity index (χ1) is 14.2. The van der Waals surface area contributed by atoms with Gasteiger partial charge < -0.3 is 15.0 Å². The topological polar surface area (TPSA) is 79.0 Å². The number of anilines is 1. The van der Waals surface area contributed by atoms with Gasteiger partial charge in [-0.3, -0.25) is 9.69 Å². The van der Waals surface area contributed by atoms with Crippen molar-refractivity contribution < 1.29 is 32.3 Å². The first-order valence-corrected chi connectivity index (χ1v) is 9.82. The number of amides is 3. The van der Waals surface area contributed by atoms with Gasteiger partial charge in [0.15, 0.2) is 0 Å². The van der Waals surface area contributed by atoms with Crippen molar-refractivity contribution in [2.75, 3.05) is 38.2 Å². The van der Waals surface area contributed by atoms with Crippen molar-refractivity contribution in [2.24, 2.45) is 5.92 Å². The number of methoxy groups -OCH3 is 1. The molecule has 1 aromatic carbocycles. The fourth-order valence-electron chi connectivity index (χ4n) is 3.99. The summed E-state index contributed by atoms with van der Waals surface area (Å²) >= 11 is 0. The molecule has 10 heteroatoms. The second kappa shape index (κ2) is 8.93. The molecule has 3 amide bonds. The lowest BCUT2D eigenvalue weighted by atomic mass is 9.95. The highest BCUT2D eigenvalue weighted by Crippen LogP contribution is 2.32. The summed E-state index contributed by atoms with van der Waals surface area (Å²) in [5.74, 6) is -1.85. The van der Waals surface area contributed by atoms with Crippen molar-refractivity contribution in [3.05, 3.63) is 29.3 Å². The van der Waals surface area contributed by atoms with Crippen LogP contribution in [0, 0.1) is 5.92 Å². The van der Waals surface area contributed by atoms with Gasteiger partial charge in [-0.15, -0.1) is 0 Å². The van der Waals surface area contributed by atoms with E-state index in [-0.39, 0.29) is 12.6 Å². The Balaban J connectivity index is 1.73. The molecule has 1 N–H and O–H groups in total. The van der Waals surface area contributed by atoms with Gasteiger partial charge in [0, 0.05) is 25.3 Å². The Hall–Kier alpha value is -2.78. The molecule has 0 spiro atoms. The van der Waals surface area contributed by atoms with Gasteiger partial charge in [-0.1, -0.05) is 6.07 Å². The van der Waals surface area contributed by atoms with Gasteiger partial charge in [0.1, 0.15) is 6.54 Å². The standard InChI is InChI=1S/C20H24F3N3O4/c1-30-18(28)15-6-2-8-16-14(15)7-4-10-26(16)19(29)25-9-3-5-13(11-25)17(27)24-12-20(21,22)23/h2,6,8,13H,3-5,7,9-12H2,1H3,(H,24,27)/t13-/m0/s1. The largest absolute Gasteiger partial charge is 0.465 e. The van der Waals surface area contributed by atoms with Crippen molar-refractivity contribution in [1.82, 2.24) is 10.2 Å². The van der Waals surface area contributed by atoms with Crippen LogP contribution in [0.15, 0.2) is 18.2 Å². The van der Waals surface area contributed by atoms with Gasteiger partial charge in [0.25, 0.3) is 0 Å². The van der Waals surface area contributed by atoms with Crippen LogP contribution in [0.4, 0.5) is 23.7 Å². The maximum absolute atomic E-state index is 13.2. The van der Waals surface area contributed by atoms with Crippen molar-refractivity contribution >= 4 is 23.6 Å². The molecular weight excluding hydrogens is 403 g/mol. The highest BCUT2D eigenvalue weighted by Gasteiger charge is 2.35. The molecule has 164 valence electrons. The maximum atomic E-state index is 13.2. The minimum absolute atomic E-state index is 0.0606. The molecule has 1 fully saturated rings. The summed E-state index contributed by atoms with van der Waals surface area (Å²) in [5, 5.41) is 1.91. The molecule has 1 aromatic rings. The number of carbonyl (C=O) groups excluding carboxylic acids is 3. The van der Waals surface area contributed by atoms with Gasteiger partial charge in [-0.2, -0.15) is 13.2 Å². The Kier molecular flexibility index (Phi) is 6.52. The summed E-state index contributed by atoms with van der Waals surface area (Å²) in [5.41, 5.74) is 1.77. The Labute approximate surface area is 172 Å². The van der Waals surface area contributed by atoms with Crippen LogP contribution in [0.5, 0.6) is 0 Å². The molecule has 2 aliphatic rings. The third-order valence-electron chi connectivity index (χ3n) is 5.41. The molecule has 2 heterocycles. The zero-order valence-electron chi connectivity index (χ0n) is 16.6. The first kappa shape index (κ1) is 21.9. The van der Waals surface area contributed by atoms with E-state index < -0.39 is 30.5 Å².